The molecule has 3 N–H and O–H groups in total. The number of nitrogens with two attached hydrogens (primary N) is 1. The largest absolute Gasteiger partial charge is 0.387 e. The van der Waals surface area contributed by atoms with Crippen molar-refractivity contribution in [1.29, 1.82) is 5.41 Å². The molecule has 1 aliphatic carbocycles. The molecule has 14 heavy (non-hydrogen) atoms. The minimum absolute atomic E-state index is 0.270. The van der Waals surface area contributed by atoms with Gasteiger partial charge in [0.1, 0.15) is 5.84 Å². The molecular weight excluding hydrogens is 194 g/mol. The molecule has 1 saturated carbocycles. The van der Waals surface area contributed by atoms with Crippen LogP contribution in [-0.4, -0.2) is 23.3 Å². The Morgan fingerprint density at radius 2 is 2.43 bits per heavy atom. The van der Waals surface area contributed by atoms with E-state index < -0.39 is 0 Å². The lowest BCUT2D eigenvalue weighted by Crippen LogP contribution is -2.34. The normalized spacial score (nSPS) is 16.1. The first-order valence-electron chi connectivity index (χ1n) is 4.84. The first-order chi connectivity index (χ1) is 6.75. The van der Waals surface area contributed by atoms with Crippen molar-refractivity contribution in [3.63, 3.8) is 0 Å². The molecule has 1 heterocycles. The van der Waals surface area contributed by atoms with Gasteiger partial charge in [-0.05, 0) is 35.2 Å². The highest BCUT2D eigenvalue weighted by molar-refractivity contribution is 7.07. The molecular formula is C10H15N3S. The molecule has 0 bridgehead atoms. The Morgan fingerprint density at radius 1 is 1.64 bits per heavy atom. The molecule has 0 atom stereocenters. The van der Waals surface area contributed by atoms with Gasteiger partial charge in [0.05, 0.1) is 6.54 Å². The average molecular weight is 209 g/mol. The lowest BCUT2D eigenvalue weighted by atomic mass is 10.3. The SMILES string of the molecule is N=C(N)CN(Cc1ccsc1)C1CC1. The first-order valence-corrected chi connectivity index (χ1v) is 5.78. The van der Waals surface area contributed by atoms with Crippen LogP contribution < -0.4 is 5.73 Å². The second-order valence-corrected chi connectivity index (χ2v) is 4.57. The summed E-state index contributed by atoms with van der Waals surface area (Å²) in [7, 11) is 0. The minimum Gasteiger partial charge on any atom is -0.387 e. The highest BCUT2D eigenvalue weighted by Gasteiger charge is 2.29. The van der Waals surface area contributed by atoms with Crippen LogP contribution in [0.4, 0.5) is 0 Å². The third-order valence-electron chi connectivity index (χ3n) is 2.40. The maximum absolute atomic E-state index is 7.31. The summed E-state index contributed by atoms with van der Waals surface area (Å²) < 4.78 is 0. The van der Waals surface area contributed by atoms with Crippen molar-refractivity contribution in [2.24, 2.45) is 5.73 Å². The Morgan fingerprint density at radius 3 is 2.93 bits per heavy atom. The van der Waals surface area contributed by atoms with Crippen LogP contribution in [0.1, 0.15) is 18.4 Å². The van der Waals surface area contributed by atoms with Gasteiger partial charge in [-0.15, -0.1) is 0 Å². The number of hydrogen-bond donors (Lipinski definition) is 2. The fraction of sp³-hybridized carbons (Fsp3) is 0.500. The molecule has 1 aliphatic rings. The Hall–Kier alpha value is -0.870. The summed E-state index contributed by atoms with van der Waals surface area (Å²) >= 11 is 1.72. The van der Waals surface area contributed by atoms with Crippen molar-refractivity contribution < 1.29 is 0 Å². The zero-order valence-electron chi connectivity index (χ0n) is 8.07. The maximum atomic E-state index is 7.31. The molecule has 3 nitrogen and oxygen atoms in total. The van der Waals surface area contributed by atoms with Gasteiger partial charge in [0, 0.05) is 12.6 Å². The first kappa shape index (κ1) is 9.68. The van der Waals surface area contributed by atoms with E-state index in [1.807, 2.05) is 0 Å². The second-order valence-electron chi connectivity index (χ2n) is 3.79. The summed E-state index contributed by atoms with van der Waals surface area (Å²) in [5, 5.41) is 11.6. The van der Waals surface area contributed by atoms with Crippen molar-refractivity contribution >= 4 is 17.2 Å². The third-order valence-corrected chi connectivity index (χ3v) is 3.13. The monoisotopic (exact) mass is 209 g/mol. The predicted molar refractivity (Wildman–Crippen MR) is 59.7 cm³/mol. The zero-order valence-corrected chi connectivity index (χ0v) is 8.89. The van der Waals surface area contributed by atoms with Crippen LogP contribution in [0, 0.1) is 5.41 Å². The molecule has 0 amide bonds. The maximum Gasteiger partial charge on any atom is 0.105 e. The summed E-state index contributed by atoms with van der Waals surface area (Å²) in [5.74, 6) is 0.270. The van der Waals surface area contributed by atoms with Crippen LogP contribution in [0.2, 0.25) is 0 Å². The predicted octanol–water partition coefficient (Wildman–Crippen LogP) is 1.65. The lowest BCUT2D eigenvalue weighted by molar-refractivity contribution is 0.291. The second kappa shape index (κ2) is 4.11. The van der Waals surface area contributed by atoms with E-state index in [4.69, 9.17) is 11.1 Å². The topological polar surface area (TPSA) is 53.1 Å². The molecule has 2 rings (SSSR count). The van der Waals surface area contributed by atoms with Crippen LogP contribution in [0.25, 0.3) is 0 Å². The molecule has 0 aliphatic heterocycles. The number of amidine groups is 1. The van der Waals surface area contributed by atoms with Gasteiger partial charge >= 0.3 is 0 Å². The molecule has 0 spiro atoms. The number of hydrogen-bond acceptors (Lipinski definition) is 3. The van der Waals surface area contributed by atoms with Gasteiger partial charge in [-0.2, -0.15) is 11.3 Å². The van der Waals surface area contributed by atoms with Gasteiger partial charge in [-0.1, -0.05) is 0 Å². The summed E-state index contributed by atoms with van der Waals surface area (Å²) in [5.41, 5.74) is 6.77. The molecule has 0 radical (unpaired) electrons. The van der Waals surface area contributed by atoms with Gasteiger partial charge in [-0.25, -0.2) is 0 Å². The van der Waals surface area contributed by atoms with Crippen molar-refractivity contribution in [2.75, 3.05) is 6.54 Å². The third kappa shape index (κ3) is 2.56. The molecule has 1 aromatic rings. The highest BCUT2D eigenvalue weighted by atomic mass is 32.1. The van der Waals surface area contributed by atoms with Gasteiger partial charge in [0.25, 0.3) is 0 Å². The Kier molecular flexibility index (Phi) is 2.84. The molecule has 0 aromatic carbocycles. The van der Waals surface area contributed by atoms with Crippen molar-refractivity contribution in [3.8, 4) is 0 Å². The highest BCUT2D eigenvalue weighted by Crippen LogP contribution is 2.28. The van der Waals surface area contributed by atoms with Crippen LogP contribution in [0.5, 0.6) is 0 Å². The molecule has 0 saturated heterocycles. The minimum atomic E-state index is 0.270. The van der Waals surface area contributed by atoms with E-state index in [0.717, 1.165) is 6.54 Å². The fourth-order valence-electron chi connectivity index (χ4n) is 1.59. The molecule has 1 fully saturated rings. The van der Waals surface area contributed by atoms with E-state index in [2.05, 4.69) is 21.7 Å². The van der Waals surface area contributed by atoms with Crippen molar-refractivity contribution in [2.45, 2.75) is 25.4 Å². The van der Waals surface area contributed by atoms with Gasteiger partial charge in [-0.3, -0.25) is 10.3 Å². The summed E-state index contributed by atoms with van der Waals surface area (Å²) in [6.07, 6.45) is 2.52. The van der Waals surface area contributed by atoms with E-state index in [0.29, 0.717) is 12.6 Å². The van der Waals surface area contributed by atoms with E-state index in [-0.39, 0.29) is 5.84 Å². The quantitative estimate of drug-likeness (QED) is 0.572. The van der Waals surface area contributed by atoms with Crippen molar-refractivity contribution in [3.05, 3.63) is 22.4 Å². The van der Waals surface area contributed by atoms with E-state index >= 15 is 0 Å². The number of rotatable bonds is 5. The van der Waals surface area contributed by atoms with Crippen LogP contribution in [0.15, 0.2) is 16.8 Å². The number of thiophene rings is 1. The lowest BCUT2D eigenvalue weighted by Gasteiger charge is -2.20. The Labute approximate surface area is 88.0 Å². The molecule has 76 valence electrons. The van der Waals surface area contributed by atoms with Gasteiger partial charge < -0.3 is 5.73 Å². The van der Waals surface area contributed by atoms with E-state index in [1.165, 1.54) is 18.4 Å². The molecule has 1 aromatic heterocycles. The Balaban J connectivity index is 1.93. The van der Waals surface area contributed by atoms with Crippen LogP contribution in [-0.2, 0) is 6.54 Å². The summed E-state index contributed by atoms with van der Waals surface area (Å²) in [4.78, 5) is 2.30. The van der Waals surface area contributed by atoms with Gasteiger partial charge in [0.15, 0.2) is 0 Å². The summed E-state index contributed by atoms with van der Waals surface area (Å²) in [6, 6.07) is 2.80. The van der Waals surface area contributed by atoms with Crippen LogP contribution >= 0.6 is 11.3 Å². The fourth-order valence-corrected chi connectivity index (χ4v) is 2.25. The summed E-state index contributed by atoms with van der Waals surface area (Å²) in [6.45, 7) is 1.55. The molecule has 4 heteroatoms. The van der Waals surface area contributed by atoms with Crippen molar-refractivity contribution in [1.82, 2.24) is 4.90 Å². The Bertz CT molecular complexity index is 303. The average Bonchev–Trinajstić information content (AvgIpc) is 2.85. The van der Waals surface area contributed by atoms with E-state index in [1.54, 1.807) is 11.3 Å². The van der Waals surface area contributed by atoms with Crippen LogP contribution in [0.3, 0.4) is 0 Å². The number of nitrogens with one attached hydrogen (secondary N) is 1. The van der Waals surface area contributed by atoms with Gasteiger partial charge in [0.2, 0.25) is 0 Å². The smallest absolute Gasteiger partial charge is 0.105 e. The standard InChI is InChI=1S/C10H15N3S/c11-10(12)6-13(9-1-2-9)5-8-3-4-14-7-8/h3-4,7,9H,1-2,5-6H2,(H3,11,12). The zero-order chi connectivity index (χ0) is 9.97. The molecule has 0 unspecified atom stereocenters. The van der Waals surface area contributed by atoms with E-state index in [9.17, 15) is 0 Å². The number of nitrogens with zero attached hydrogens (tertiary/aromatic N) is 1.